The molecule has 0 aliphatic rings. The third-order valence-electron chi connectivity index (χ3n) is 5.86. The molecule has 190 valence electrons. The zero-order chi connectivity index (χ0) is 24.2. The summed E-state index contributed by atoms with van der Waals surface area (Å²) in [6.07, 6.45) is 14.2. The zero-order valence-electron chi connectivity index (χ0n) is 20.4. The minimum absolute atomic E-state index is 0.133. The van der Waals surface area contributed by atoms with Crippen LogP contribution >= 0.6 is 0 Å². The fourth-order valence-corrected chi connectivity index (χ4v) is 3.59. The molecule has 0 bridgehead atoms. The second-order valence-electron chi connectivity index (χ2n) is 8.91. The van der Waals surface area contributed by atoms with Gasteiger partial charge in [0.15, 0.2) is 0 Å². The van der Waals surface area contributed by atoms with Crippen molar-refractivity contribution < 1.29 is 30.3 Å². The van der Waals surface area contributed by atoms with E-state index in [-0.39, 0.29) is 12.5 Å². The topological polar surface area (TPSA) is 121 Å². The van der Waals surface area contributed by atoms with Gasteiger partial charge in [-0.1, -0.05) is 70.4 Å². The van der Waals surface area contributed by atoms with Crippen molar-refractivity contribution in [3.8, 4) is 0 Å². The van der Waals surface area contributed by atoms with E-state index in [1.165, 1.54) is 63.3 Å². The molecule has 0 saturated carbocycles. The van der Waals surface area contributed by atoms with Crippen molar-refractivity contribution in [1.82, 2.24) is 4.90 Å². The molecule has 0 unspecified atom stereocenters. The Kier molecular flexibility index (Phi) is 20.0. The van der Waals surface area contributed by atoms with Crippen LogP contribution in [0.4, 0.5) is 0 Å². The van der Waals surface area contributed by atoms with Gasteiger partial charge in [0.25, 0.3) is 0 Å². The molecule has 0 aromatic carbocycles. The summed E-state index contributed by atoms with van der Waals surface area (Å²) in [6.45, 7) is 1.36. The third kappa shape index (κ3) is 15.8. The monoisotopic (exact) mass is 459 g/mol. The number of unbranched alkanes of at least 4 members (excludes halogenated alkanes) is 11. The van der Waals surface area contributed by atoms with E-state index in [1.54, 1.807) is 0 Å². The van der Waals surface area contributed by atoms with Crippen molar-refractivity contribution in [1.29, 1.82) is 0 Å². The zero-order valence-corrected chi connectivity index (χ0v) is 20.4. The highest BCUT2D eigenvalue weighted by atomic mass is 16.4. The SMILES string of the molecule is CCCCCCCC/C=C\CCCCCCCC(=O)N(C)C[C@H](O)[C@@H](O)[C@H](O)[C@H](O)CO. The molecule has 0 rings (SSSR count). The number of rotatable bonds is 21. The second-order valence-corrected chi connectivity index (χ2v) is 8.91. The summed E-state index contributed by atoms with van der Waals surface area (Å²) in [5.74, 6) is -0.133. The molecule has 7 nitrogen and oxygen atoms in total. The van der Waals surface area contributed by atoms with E-state index < -0.39 is 31.0 Å². The Hall–Kier alpha value is -0.990. The number of amides is 1. The summed E-state index contributed by atoms with van der Waals surface area (Å²) >= 11 is 0. The van der Waals surface area contributed by atoms with E-state index in [4.69, 9.17) is 5.11 Å². The smallest absolute Gasteiger partial charge is 0.222 e. The van der Waals surface area contributed by atoms with Gasteiger partial charge in [0.1, 0.15) is 24.4 Å². The molecule has 7 heteroatoms. The maximum Gasteiger partial charge on any atom is 0.222 e. The third-order valence-corrected chi connectivity index (χ3v) is 5.86. The fraction of sp³-hybridized carbons (Fsp3) is 0.880. The standard InChI is InChI=1S/C25H49NO6/c1-3-4-5-6-7-8-9-10-11-12-13-14-15-16-17-18-23(30)26(2)19-21(28)24(31)25(32)22(29)20-27/h10-11,21-22,24-25,27-29,31-32H,3-9,12-20H2,1-2H3/b11-10-/t21-,22+,24+,25+/m0/s1. The molecule has 32 heavy (non-hydrogen) atoms. The van der Waals surface area contributed by atoms with Gasteiger partial charge in [-0.3, -0.25) is 4.79 Å². The van der Waals surface area contributed by atoms with Gasteiger partial charge in [-0.25, -0.2) is 0 Å². The van der Waals surface area contributed by atoms with Crippen molar-refractivity contribution in [2.24, 2.45) is 0 Å². The van der Waals surface area contributed by atoms with Crippen molar-refractivity contribution in [3.63, 3.8) is 0 Å². The van der Waals surface area contributed by atoms with Crippen LogP contribution in [0.25, 0.3) is 0 Å². The number of likely N-dealkylation sites (N-methyl/N-ethyl adjacent to an activating group) is 1. The molecule has 0 aromatic rings. The van der Waals surface area contributed by atoms with E-state index >= 15 is 0 Å². The Morgan fingerprint density at radius 1 is 0.750 bits per heavy atom. The van der Waals surface area contributed by atoms with Gasteiger partial charge in [0.05, 0.1) is 6.61 Å². The quantitative estimate of drug-likeness (QED) is 0.133. The molecule has 0 spiro atoms. The summed E-state index contributed by atoms with van der Waals surface area (Å²) < 4.78 is 0. The Morgan fingerprint density at radius 2 is 1.22 bits per heavy atom. The molecule has 0 heterocycles. The lowest BCUT2D eigenvalue weighted by Crippen LogP contribution is -2.49. The Bertz CT molecular complexity index is 473. The molecule has 0 aliphatic heterocycles. The van der Waals surface area contributed by atoms with Crippen molar-refractivity contribution in [2.75, 3.05) is 20.2 Å². The first-order valence-corrected chi connectivity index (χ1v) is 12.6. The van der Waals surface area contributed by atoms with E-state index in [0.29, 0.717) is 6.42 Å². The predicted octanol–water partition coefficient (Wildman–Crippen LogP) is 2.92. The van der Waals surface area contributed by atoms with Gasteiger partial charge < -0.3 is 30.4 Å². The highest BCUT2D eigenvalue weighted by Gasteiger charge is 2.31. The summed E-state index contributed by atoms with van der Waals surface area (Å²) in [6, 6.07) is 0. The number of hydrogen-bond acceptors (Lipinski definition) is 6. The van der Waals surface area contributed by atoms with E-state index in [0.717, 1.165) is 32.1 Å². The van der Waals surface area contributed by atoms with Gasteiger partial charge in [-0.05, 0) is 32.1 Å². The molecule has 4 atom stereocenters. The van der Waals surface area contributed by atoms with Crippen LogP contribution in [0.2, 0.25) is 0 Å². The maximum atomic E-state index is 12.2. The molecule has 1 amide bonds. The van der Waals surface area contributed by atoms with Crippen LogP contribution in [0.5, 0.6) is 0 Å². The molecule has 0 radical (unpaired) electrons. The highest BCUT2D eigenvalue weighted by molar-refractivity contribution is 5.75. The molecule has 0 saturated heterocycles. The predicted molar refractivity (Wildman–Crippen MR) is 128 cm³/mol. The first kappa shape index (κ1) is 31.0. The van der Waals surface area contributed by atoms with E-state index in [1.807, 2.05) is 0 Å². The van der Waals surface area contributed by atoms with Crippen LogP contribution < -0.4 is 0 Å². The van der Waals surface area contributed by atoms with Crippen LogP contribution in [0.1, 0.15) is 96.8 Å². The minimum atomic E-state index is -1.68. The van der Waals surface area contributed by atoms with Crippen molar-refractivity contribution >= 4 is 5.91 Å². The average Bonchev–Trinajstić information content (AvgIpc) is 2.79. The Morgan fingerprint density at radius 3 is 1.75 bits per heavy atom. The molecule has 0 fully saturated rings. The van der Waals surface area contributed by atoms with Crippen molar-refractivity contribution in [3.05, 3.63) is 12.2 Å². The minimum Gasteiger partial charge on any atom is -0.394 e. The summed E-state index contributed by atoms with van der Waals surface area (Å²) in [7, 11) is 1.53. The van der Waals surface area contributed by atoms with Crippen LogP contribution in [0.3, 0.4) is 0 Å². The van der Waals surface area contributed by atoms with Gasteiger partial charge in [-0.15, -0.1) is 0 Å². The first-order valence-electron chi connectivity index (χ1n) is 12.6. The largest absolute Gasteiger partial charge is 0.394 e. The second kappa shape index (κ2) is 20.6. The van der Waals surface area contributed by atoms with Crippen LogP contribution in [-0.2, 0) is 4.79 Å². The van der Waals surface area contributed by atoms with E-state index in [2.05, 4.69) is 19.1 Å². The molecular weight excluding hydrogens is 410 g/mol. The van der Waals surface area contributed by atoms with Gasteiger partial charge in [0.2, 0.25) is 5.91 Å². The average molecular weight is 460 g/mol. The van der Waals surface area contributed by atoms with Crippen molar-refractivity contribution in [2.45, 2.75) is 121 Å². The molecule has 0 aliphatic carbocycles. The highest BCUT2D eigenvalue weighted by Crippen LogP contribution is 2.11. The summed E-state index contributed by atoms with van der Waals surface area (Å²) in [4.78, 5) is 13.5. The normalized spacial score (nSPS) is 15.6. The number of aliphatic hydroxyl groups excluding tert-OH is 5. The summed E-state index contributed by atoms with van der Waals surface area (Å²) in [5.41, 5.74) is 0. The number of allylic oxidation sites excluding steroid dienone is 2. The number of nitrogens with zero attached hydrogens (tertiary/aromatic N) is 1. The van der Waals surface area contributed by atoms with Gasteiger partial charge in [0, 0.05) is 20.0 Å². The van der Waals surface area contributed by atoms with Crippen LogP contribution in [-0.4, -0.2) is 81.0 Å². The van der Waals surface area contributed by atoms with Crippen LogP contribution in [0, 0.1) is 0 Å². The lowest BCUT2D eigenvalue weighted by atomic mass is 10.0. The van der Waals surface area contributed by atoms with Crippen LogP contribution in [0.15, 0.2) is 12.2 Å². The van der Waals surface area contributed by atoms with Gasteiger partial charge in [-0.2, -0.15) is 0 Å². The number of aliphatic hydroxyl groups is 5. The van der Waals surface area contributed by atoms with Gasteiger partial charge >= 0.3 is 0 Å². The number of hydrogen-bond donors (Lipinski definition) is 5. The molecule has 5 N–H and O–H groups in total. The molecule has 0 aromatic heterocycles. The lowest BCUT2D eigenvalue weighted by molar-refractivity contribution is -0.138. The summed E-state index contributed by atoms with van der Waals surface area (Å²) in [5, 5.41) is 47.5. The fourth-order valence-electron chi connectivity index (χ4n) is 3.59. The van der Waals surface area contributed by atoms with E-state index in [9.17, 15) is 25.2 Å². The molecular formula is C25H49NO6. The number of carbonyl (C=O) groups is 1. The Balaban J connectivity index is 3.71. The maximum absolute atomic E-state index is 12.2. The first-order chi connectivity index (χ1) is 15.3. The Labute approximate surface area is 195 Å². The lowest BCUT2D eigenvalue weighted by Gasteiger charge is -2.28. The number of carbonyl (C=O) groups excluding carboxylic acids is 1.